The predicted octanol–water partition coefficient (Wildman–Crippen LogP) is 5.74. The molecule has 1 amide bonds. The monoisotopic (exact) mass is 564 g/mol. The van der Waals surface area contributed by atoms with Gasteiger partial charge in [-0.15, -0.1) is 0 Å². The van der Waals surface area contributed by atoms with E-state index in [1.165, 1.54) is 4.90 Å². The standard InChI is InChI=1S/C31H31F3N4O3/c32-31(33,34)27-7-4-14-37(27)18-22-17-23(8-9-24(22)20-5-2-1-3-6-20)38-19-26-25(29(38)39)10-11-28(35-26)36-15-12-21(13-16-36)30(40)41/h1-3,5-6,8-11,17,21,27H,4,7,12-16,18-19H2,(H,40,41)/t27-/m0/s1. The Morgan fingerprint density at radius 2 is 1.68 bits per heavy atom. The van der Waals surface area contributed by atoms with Crippen molar-refractivity contribution in [3.8, 4) is 11.1 Å². The molecule has 214 valence electrons. The van der Waals surface area contributed by atoms with Crippen molar-refractivity contribution in [2.45, 2.75) is 51.0 Å². The second-order valence-electron chi connectivity index (χ2n) is 11.0. The Morgan fingerprint density at radius 1 is 0.951 bits per heavy atom. The number of aliphatic carboxylic acids is 1. The first-order chi connectivity index (χ1) is 19.7. The molecule has 0 unspecified atom stereocenters. The molecule has 0 spiro atoms. The summed E-state index contributed by atoms with van der Waals surface area (Å²) < 4.78 is 41.3. The number of carbonyl (C=O) groups is 2. The van der Waals surface area contributed by atoms with E-state index in [2.05, 4.69) is 0 Å². The van der Waals surface area contributed by atoms with Crippen LogP contribution in [0, 0.1) is 5.92 Å². The Morgan fingerprint density at radius 3 is 2.39 bits per heavy atom. The average Bonchev–Trinajstić information content (AvgIpc) is 3.58. The topological polar surface area (TPSA) is 77.0 Å². The van der Waals surface area contributed by atoms with Gasteiger partial charge in [-0.2, -0.15) is 13.2 Å². The van der Waals surface area contributed by atoms with Crippen LogP contribution in [0.3, 0.4) is 0 Å². The molecule has 41 heavy (non-hydrogen) atoms. The number of likely N-dealkylation sites (tertiary alicyclic amines) is 1. The minimum Gasteiger partial charge on any atom is -0.481 e. The Labute approximate surface area is 236 Å². The second-order valence-corrected chi connectivity index (χ2v) is 11.0. The molecule has 3 aliphatic heterocycles. The number of carbonyl (C=O) groups excluding carboxylic acids is 1. The lowest BCUT2D eigenvalue weighted by Crippen LogP contribution is -2.40. The number of aromatic nitrogens is 1. The molecule has 2 aromatic carbocycles. The number of rotatable bonds is 6. The first-order valence-corrected chi connectivity index (χ1v) is 14.0. The van der Waals surface area contributed by atoms with Gasteiger partial charge in [0.25, 0.3) is 5.91 Å². The highest BCUT2D eigenvalue weighted by molar-refractivity contribution is 6.09. The molecule has 1 N–H and O–H groups in total. The van der Waals surface area contributed by atoms with E-state index in [0.29, 0.717) is 55.8 Å². The minimum absolute atomic E-state index is 0.0891. The van der Waals surface area contributed by atoms with Gasteiger partial charge in [0.15, 0.2) is 0 Å². The molecule has 3 aliphatic rings. The highest BCUT2D eigenvalue weighted by Crippen LogP contribution is 2.37. The molecule has 3 aromatic rings. The van der Waals surface area contributed by atoms with Crippen molar-refractivity contribution >= 4 is 23.4 Å². The van der Waals surface area contributed by atoms with Crippen LogP contribution >= 0.6 is 0 Å². The fraction of sp³-hybridized carbons (Fsp3) is 0.387. The maximum absolute atomic E-state index is 13.8. The molecule has 4 heterocycles. The zero-order chi connectivity index (χ0) is 28.7. The third kappa shape index (κ3) is 5.40. The van der Waals surface area contributed by atoms with Gasteiger partial charge in [-0.25, -0.2) is 4.98 Å². The van der Waals surface area contributed by atoms with Crippen molar-refractivity contribution in [2.75, 3.05) is 29.4 Å². The molecule has 2 saturated heterocycles. The molecule has 0 saturated carbocycles. The number of benzene rings is 2. The molecule has 0 bridgehead atoms. The van der Waals surface area contributed by atoms with Gasteiger partial charge in [-0.3, -0.25) is 14.5 Å². The minimum atomic E-state index is -4.29. The number of anilines is 2. The Kier molecular flexibility index (Phi) is 7.19. The zero-order valence-electron chi connectivity index (χ0n) is 22.5. The van der Waals surface area contributed by atoms with E-state index in [0.717, 1.165) is 22.5 Å². The first-order valence-electron chi connectivity index (χ1n) is 14.0. The van der Waals surface area contributed by atoms with Crippen molar-refractivity contribution < 1.29 is 27.9 Å². The van der Waals surface area contributed by atoms with Gasteiger partial charge in [0.2, 0.25) is 0 Å². The summed E-state index contributed by atoms with van der Waals surface area (Å²) in [6.45, 7) is 1.92. The van der Waals surface area contributed by atoms with Gasteiger partial charge >= 0.3 is 12.1 Å². The third-order valence-electron chi connectivity index (χ3n) is 8.51. The van der Waals surface area contributed by atoms with Gasteiger partial charge in [0.1, 0.15) is 11.9 Å². The number of hydrogen-bond donors (Lipinski definition) is 1. The molecule has 6 rings (SSSR count). The molecule has 0 radical (unpaired) electrons. The maximum Gasteiger partial charge on any atom is 0.404 e. The lowest BCUT2D eigenvalue weighted by atomic mass is 9.97. The highest BCUT2D eigenvalue weighted by atomic mass is 19.4. The number of carboxylic acids is 1. The zero-order valence-corrected chi connectivity index (χ0v) is 22.5. The Balaban J connectivity index is 1.27. The summed E-state index contributed by atoms with van der Waals surface area (Å²) in [6.07, 6.45) is -2.62. The van der Waals surface area contributed by atoms with E-state index in [4.69, 9.17) is 4.98 Å². The van der Waals surface area contributed by atoms with E-state index < -0.39 is 18.2 Å². The summed E-state index contributed by atoms with van der Waals surface area (Å²) in [4.78, 5) is 34.7. The number of halogens is 3. The van der Waals surface area contributed by atoms with E-state index >= 15 is 0 Å². The lowest BCUT2D eigenvalue weighted by molar-refractivity contribution is -0.177. The second kappa shape index (κ2) is 10.8. The summed E-state index contributed by atoms with van der Waals surface area (Å²) in [7, 11) is 0. The van der Waals surface area contributed by atoms with Crippen LogP contribution in [-0.4, -0.2) is 58.7 Å². The molecule has 10 heteroatoms. The molecule has 7 nitrogen and oxygen atoms in total. The Hall–Kier alpha value is -3.92. The van der Waals surface area contributed by atoms with Crippen molar-refractivity contribution in [1.82, 2.24) is 9.88 Å². The lowest BCUT2D eigenvalue weighted by Gasteiger charge is -2.31. The fourth-order valence-corrected chi connectivity index (χ4v) is 6.30. The van der Waals surface area contributed by atoms with Crippen LogP contribution < -0.4 is 9.80 Å². The fourth-order valence-electron chi connectivity index (χ4n) is 6.30. The SMILES string of the molecule is O=C(O)C1CCN(c2ccc3c(n2)CN(c2ccc(-c4ccccc4)c(CN4CCC[C@H]4C(F)(F)F)c2)C3=O)CC1. The van der Waals surface area contributed by atoms with E-state index in [1.54, 1.807) is 17.0 Å². The smallest absolute Gasteiger partial charge is 0.404 e. The summed E-state index contributed by atoms with van der Waals surface area (Å²) in [5.41, 5.74) is 4.25. The maximum atomic E-state index is 13.8. The van der Waals surface area contributed by atoms with Crippen LogP contribution in [0.5, 0.6) is 0 Å². The largest absolute Gasteiger partial charge is 0.481 e. The number of alkyl halides is 3. The number of hydrogen-bond acceptors (Lipinski definition) is 5. The van der Waals surface area contributed by atoms with Gasteiger partial charge in [0.05, 0.1) is 23.7 Å². The summed E-state index contributed by atoms with van der Waals surface area (Å²) in [5, 5.41) is 9.29. The van der Waals surface area contributed by atoms with Crippen LogP contribution in [0.4, 0.5) is 24.7 Å². The van der Waals surface area contributed by atoms with Gasteiger partial charge in [-0.05, 0) is 73.2 Å². The quantitative estimate of drug-likeness (QED) is 0.412. The predicted molar refractivity (Wildman–Crippen MR) is 149 cm³/mol. The van der Waals surface area contributed by atoms with Gasteiger partial charge in [-0.1, -0.05) is 36.4 Å². The van der Waals surface area contributed by atoms with Gasteiger partial charge in [0, 0.05) is 25.3 Å². The van der Waals surface area contributed by atoms with Crippen molar-refractivity contribution in [3.05, 3.63) is 77.5 Å². The van der Waals surface area contributed by atoms with Crippen LogP contribution in [0.15, 0.2) is 60.7 Å². The summed E-state index contributed by atoms with van der Waals surface area (Å²) in [6, 6.07) is 17.2. The Bertz CT molecular complexity index is 1450. The highest BCUT2D eigenvalue weighted by Gasteiger charge is 2.46. The number of amides is 1. The van der Waals surface area contributed by atoms with Crippen molar-refractivity contribution in [3.63, 3.8) is 0 Å². The van der Waals surface area contributed by atoms with Crippen LogP contribution in [0.2, 0.25) is 0 Å². The summed E-state index contributed by atoms with van der Waals surface area (Å²) in [5.74, 6) is -0.604. The average molecular weight is 565 g/mol. The number of carboxylic acid groups (broad SMARTS) is 1. The molecule has 1 atom stereocenters. The van der Waals surface area contributed by atoms with Crippen molar-refractivity contribution in [2.24, 2.45) is 5.92 Å². The van der Waals surface area contributed by atoms with Crippen LogP contribution in [-0.2, 0) is 17.9 Å². The number of pyridine rings is 1. The summed E-state index contributed by atoms with van der Waals surface area (Å²) >= 11 is 0. The number of fused-ring (bicyclic) bond motifs is 1. The molecule has 1 aromatic heterocycles. The molecule has 2 fully saturated rings. The van der Waals surface area contributed by atoms with Crippen LogP contribution in [0.25, 0.3) is 11.1 Å². The van der Waals surface area contributed by atoms with Crippen molar-refractivity contribution in [1.29, 1.82) is 0 Å². The first kappa shape index (κ1) is 27.3. The third-order valence-corrected chi connectivity index (χ3v) is 8.51. The number of piperidine rings is 1. The van der Waals surface area contributed by atoms with Crippen LogP contribution in [0.1, 0.15) is 47.3 Å². The number of nitrogens with zero attached hydrogens (tertiary/aromatic N) is 4. The van der Waals surface area contributed by atoms with E-state index in [-0.39, 0.29) is 31.3 Å². The molecule has 0 aliphatic carbocycles. The van der Waals surface area contributed by atoms with Gasteiger partial charge < -0.3 is 14.9 Å². The molecular formula is C31H31F3N4O3. The van der Waals surface area contributed by atoms with E-state index in [1.807, 2.05) is 53.4 Å². The normalized spacial score (nSPS) is 20.1. The molecular weight excluding hydrogens is 533 g/mol. The van der Waals surface area contributed by atoms with E-state index in [9.17, 15) is 27.9 Å².